The van der Waals surface area contributed by atoms with Crippen LogP contribution in [0.25, 0.3) is 22.7 Å². The van der Waals surface area contributed by atoms with Crippen LogP contribution >= 0.6 is 0 Å². The minimum absolute atomic E-state index is 0.154. The molecule has 0 aliphatic heterocycles. The van der Waals surface area contributed by atoms with Gasteiger partial charge in [-0.2, -0.15) is 0 Å². The number of amides is 3. The minimum Gasteiger partial charge on any atom is -0.366 e. The molecule has 0 spiro atoms. The zero-order valence-corrected chi connectivity index (χ0v) is 18.5. The van der Waals surface area contributed by atoms with Crippen molar-refractivity contribution < 1.29 is 14.4 Å². The Balaban J connectivity index is 1.53. The molecule has 0 aliphatic rings. The zero-order valence-electron chi connectivity index (χ0n) is 18.5. The fourth-order valence-corrected chi connectivity index (χ4v) is 3.58. The van der Waals surface area contributed by atoms with Gasteiger partial charge in [0.25, 0.3) is 0 Å². The monoisotopic (exact) mass is 453 g/mol. The Bertz CT molecular complexity index is 1390. The van der Waals surface area contributed by atoms with Gasteiger partial charge in [0.2, 0.25) is 17.7 Å². The topological polar surface area (TPSA) is 130 Å². The maximum atomic E-state index is 12.6. The summed E-state index contributed by atoms with van der Waals surface area (Å²) in [5.41, 5.74) is 10.1. The van der Waals surface area contributed by atoms with Crippen molar-refractivity contribution in [3.8, 4) is 0 Å². The number of rotatable bonds is 7. The first-order valence-corrected chi connectivity index (χ1v) is 10.6. The SMILES string of the molecule is CC(=O)Nc1ccc(CC(=O)Nc2cnc3[nH]cc(/C=C(/C(N)=O)c4ccccc4)c3c2)cc1. The second-order valence-corrected chi connectivity index (χ2v) is 7.76. The van der Waals surface area contributed by atoms with E-state index in [2.05, 4.69) is 20.6 Å². The van der Waals surface area contributed by atoms with Crippen LogP contribution < -0.4 is 16.4 Å². The number of nitrogens with one attached hydrogen (secondary N) is 3. The van der Waals surface area contributed by atoms with Crippen molar-refractivity contribution in [2.24, 2.45) is 5.73 Å². The van der Waals surface area contributed by atoms with Crippen molar-refractivity contribution in [2.75, 3.05) is 10.6 Å². The normalized spacial score (nSPS) is 11.3. The van der Waals surface area contributed by atoms with Crippen LogP contribution in [0.15, 0.2) is 73.1 Å². The maximum absolute atomic E-state index is 12.6. The molecule has 4 aromatic rings. The van der Waals surface area contributed by atoms with Crippen molar-refractivity contribution in [2.45, 2.75) is 13.3 Å². The van der Waals surface area contributed by atoms with E-state index in [0.29, 0.717) is 28.2 Å². The number of H-pyrrole nitrogens is 1. The third-order valence-electron chi connectivity index (χ3n) is 5.14. The van der Waals surface area contributed by atoms with Gasteiger partial charge < -0.3 is 21.4 Å². The molecule has 34 heavy (non-hydrogen) atoms. The molecule has 8 heteroatoms. The summed E-state index contributed by atoms with van der Waals surface area (Å²) in [6, 6.07) is 18.0. The average molecular weight is 454 g/mol. The summed E-state index contributed by atoms with van der Waals surface area (Å²) < 4.78 is 0. The summed E-state index contributed by atoms with van der Waals surface area (Å²) in [7, 11) is 0. The molecule has 0 radical (unpaired) electrons. The number of nitrogens with two attached hydrogens (primary N) is 1. The lowest BCUT2D eigenvalue weighted by atomic mass is 10.0. The predicted octanol–water partition coefficient (Wildman–Crippen LogP) is 3.73. The molecule has 0 bridgehead atoms. The molecule has 170 valence electrons. The van der Waals surface area contributed by atoms with E-state index in [4.69, 9.17) is 5.73 Å². The van der Waals surface area contributed by atoms with Crippen LogP contribution in [-0.4, -0.2) is 27.7 Å². The van der Waals surface area contributed by atoms with Gasteiger partial charge in [0.05, 0.1) is 18.3 Å². The van der Waals surface area contributed by atoms with Gasteiger partial charge in [-0.15, -0.1) is 0 Å². The molecular weight excluding hydrogens is 430 g/mol. The number of carbonyl (C=O) groups is 3. The van der Waals surface area contributed by atoms with Gasteiger partial charge >= 0.3 is 0 Å². The molecule has 0 saturated heterocycles. The summed E-state index contributed by atoms with van der Waals surface area (Å²) in [6.45, 7) is 1.44. The van der Waals surface area contributed by atoms with Gasteiger partial charge in [0.15, 0.2) is 0 Å². The standard InChI is InChI=1S/C26H23N5O3/c1-16(32)30-20-9-7-17(8-10-20)11-24(33)31-21-13-23-19(14-28-26(23)29-15-21)12-22(25(27)34)18-5-3-2-4-6-18/h2-10,12-15H,11H2,1H3,(H2,27,34)(H,28,29)(H,30,32)(H,31,33)/b22-12+. The number of aromatic amines is 1. The largest absolute Gasteiger partial charge is 0.366 e. The van der Waals surface area contributed by atoms with E-state index in [9.17, 15) is 14.4 Å². The highest BCUT2D eigenvalue weighted by molar-refractivity contribution is 6.24. The van der Waals surface area contributed by atoms with Crippen LogP contribution in [0.1, 0.15) is 23.6 Å². The molecule has 0 fully saturated rings. The van der Waals surface area contributed by atoms with Gasteiger partial charge in [0, 0.05) is 35.3 Å². The molecule has 2 aromatic heterocycles. The molecule has 5 N–H and O–H groups in total. The lowest BCUT2D eigenvalue weighted by Crippen LogP contribution is -2.14. The second kappa shape index (κ2) is 9.83. The first-order chi connectivity index (χ1) is 16.4. The fraction of sp³-hybridized carbons (Fsp3) is 0.0769. The Kier molecular flexibility index (Phi) is 6.49. The van der Waals surface area contributed by atoms with Crippen LogP contribution in [-0.2, 0) is 20.8 Å². The number of pyridine rings is 1. The molecule has 2 aromatic carbocycles. The van der Waals surface area contributed by atoms with Gasteiger partial charge in [-0.25, -0.2) is 4.98 Å². The number of benzene rings is 2. The highest BCUT2D eigenvalue weighted by Gasteiger charge is 2.12. The molecule has 8 nitrogen and oxygen atoms in total. The van der Waals surface area contributed by atoms with Crippen molar-refractivity contribution in [3.05, 3.63) is 89.7 Å². The van der Waals surface area contributed by atoms with Crippen molar-refractivity contribution in [1.29, 1.82) is 0 Å². The van der Waals surface area contributed by atoms with E-state index in [1.165, 1.54) is 6.92 Å². The van der Waals surface area contributed by atoms with Crippen LogP contribution in [0, 0.1) is 0 Å². The van der Waals surface area contributed by atoms with Crippen LogP contribution in [0.3, 0.4) is 0 Å². The molecule has 0 saturated carbocycles. The number of hydrogen-bond acceptors (Lipinski definition) is 4. The van der Waals surface area contributed by atoms with E-state index in [1.807, 2.05) is 30.3 Å². The molecule has 0 aliphatic carbocycles. The Hall–Kier alpha value is -4.72. The molecule has 3 amide bonds. The molecule has 0 atom stereocenters. The molecule has 0 unspecified atom stereocenters. The van der Waals surface area contributed by atoms with E-state index < -0.39 is 5.91 Å². The zero-order chi connectivity index (χ0) is 24.1. The predicted molar refractivity (Wildman–Crippen MR) is 133 cm³/mol. The maximum Gasteiger partial charge on any atom is 0.249 e. The number of carbonyl (C=O) groups excluding carboxylic acids is 3. The van der Waals surface area contributed by atoms with Crippen molar-refractivity contribution in [1.82, 2.24) is 9.97 Å². The number of nitrogens with zero attached hydrogens (tertiary/aromatic N) is 1. The number of fused-ring (bicyclic) bond motifs is 1. The third-order valence-corrected chi connectivity index (χ3v) is 5.14. The quantitative estimate of drug-likeness (QED) is 0.318. The number of aromatic nitrogens is 2. The lowest BCUT2D eigenvalue weighted by molar-refractivity contribution is -0.116. The minimum atomic E-state index is -0.539. The van der Waals surface area contributed by atoms with Crippen LogP contribution in [0.2, 0.25) is 0 Å². The number of primary amides is 1. The molecular formula is C26H23N5O3. The summed E-state index contributed by atoms with van der Waals surface area (Å²) in [5.74, 6) is -0.898. The summed E-state index contributed by atoms with van der Waals surface area (Å²) in [5, 5.41) is 6.29. The van der Waals surface area contributed by atoms with E-state index in [1.54, 1.807) is 48.8 Å². The summed E-state index contributed by atoms with van der Waals surface area (Å²) >= 11 is 0. The number of hydrogen-bond donors (Lipinski definition) is 4. The van der Waals surface area contributed by atoms with Crippen molar-refractivity contribution in [3.63, 3.8) is 0 Å². The molecule has 2 heterocycles. The van der Waals surface area contributed by atoms with E-state index in [0.717, 1.165) is 16.5 Å². The molecule has 4 rings (SSSR count). The lowest BCUT2D eigenvalue weighted by Gasteiger charge is -2.07. The van der Waals surface area contributed by atoms with E-state index >= 15 is 0 Å². The highest BCUT2D eigenvalue weighted by atomic mass is 16.2. The van der Waals surface area contributed by atoms with Gasteiger partial charge in [-0.05, 0) is 35.4 Å². The average Bonchev–Trinajstić information content (AvgIpc) is 3.21. The third kappa shape index (κ3) is 5.36. The fourth-order valence-electron chi connectivity index (χ4n) is 3.58. The Morgan fingerprint density at radius 2 is 1.74 bits per heavy atom. The Morgan fingerprint density at radius 1 is 1.00 bits per heavy atom. The smallest absolute Gasteiger partial charge is 0.249 e. The number of anilines is 2. The summed E-state index contributed by atoms with van der Waals surface area (Å²) in [4.78, 5) is 43.2. The first-order valence-electron chi connectivity index (χ1n) is 10.6. The van der Waals surface area contributed by atoms with Crippen LogP contribution in [0.4, 0.5) is 11.4 Å². The Labute approximate surface area is 195 Å². The van der Waals surface area contributed by atoms with Gasteiger partial charge in [-0.1, -0.05) is 42.5 Å². The van der Waals surface area contributed by atoms with Gasteiger partial charge in [0.1, 0.15) is 5.65 Å². The first kappa shape index (κ1) is 22.5. The summed E-state index contributed by atoms with van der Waals surface area (Å²) in [6.07, 6.45) is 5.18. The van der Waals surface area contributed by atoms with Gasteiger partial charge in [-0.3, -0.25) is 14.4 Å². The highest BCUT2D eigenvalue weighted by Crippen LogP contribution is 2.25. The van der Waals surface area contributed by atoms with E-state index in [-0.39, 0.29) is 18.2 Å². The second-order valence-electron chi connectivity index (χ2n) is 7.76. The Morgan fingerprint density at radius 3 is 2.41 bits per heavy atom. The van der Waals surface area contributed by atoms with Crippen molar-refractivity contribution >= 4 is 51.8 Å². The van der Waals surface area contributed by atoms with Crippen LogP contribution in [0.5, 0.6) is 0 Å².